The lowest BCUT2D eigenvalue weighted by atomic mass is 9.88. The first-order valence-electron chi connectivity index (χ1n) is 8.78. The molecule has 0 amide bonds. The van der Waals surface area contributed by atoms with Crippen LogP contribution in [0.1, 0.15) is 53.9 Å². The Morgan fingerprint density at radius 2 is 2.12 bits per heavy atom. The summed E-state index contributed by atoms with van der Waals surface area (Å²) in [5.41, 5.74) is 1.87. The van der Waals surface area contributed by atoms with Gasteiger partial charge in [-0.25, -0.2) is 4.79 Å². The minimum absolute atomic E-state index is 0.251. The van der Waals surface area contributed by atoms with E-state index in [1.54, 1.807) is 11.3 Å². The third-order valence-electron chi connectivity index (χ3n) is 5.07. The van der Waals surface area contributed by atoms with Gasteiger partial charge in [-0.05, 0) is 61.7 Å². The molecule has 1 aliphatic heterocycles. The number of piperidine rings is 1. The van der Waals surface area contributed by atoms with E-state index >= 15 is 0 Å². The number of anilines is 1. The average molecular weight is 367 g/mol. The molecule has 24 heavy (non-hydrogen) atoms. The molecular formula is C18H26N2O2S2. The molecule has 0 bridgehead atoms. The maximum absolute atomic E-state index is 12.3. The lowest BCUT2D eigenvalue weighted by molar-refractivity contribution is 0.0601. The molecule has 0 unspecified atom stereocenters. The highest BCUT2D eigenvalue weighted by Gasteiger charge is 2.29. The fourth-order valence-corrected chi connectivity index (χ4v) is 5.44. The second-order valence-corrected chi connectivity index (χ2v) is 8.66. The lowest BCUT2D eigenvalue weighted by Crippen LogP contribution is -2.41. The number of rotatable bonds is 2. The number of nitrogens with one attached hydrogen (secondary N) is 1. The van der Waals surface area contributed by atoms with Crippen LogP contribution in [0.4, 0.5) is 5.00 Å². The summed E-state index contributed by atoms with van der Waals surface area (Å²) in [4.78, 5) is 15.9. The summed E-state index contributed by atoms with van der Waals surface area (Å²) in [6.45, 7) is 6.51. The standard InChI is InChI=1S/C18H26N2O2S2/c1-11-6-7-13-14(9-11)24-16(15(13)17(21)22-3)19-18(23)20-8-4-5-12(2)10-20/h11-12H,4-10H2,1-3H3,(H,19,23)/t11-,12+/m0/s1. The van der Waals surface area contributed by atoms with Gasteiger partial charge in [-0.1, -0.05) is 13.8 Å². The molecule has 2 aliphatic rings. The van der Waals surface area contributed by atoms with E-state index in [0.29, 0.717) is 17.4 Å². The van der Waals surface area contributed by atoms with Crippen molar-refractivity contribution in [1.29, 1.82) is 0 Å². The number of thiocarbonyl (C=S) groups is 1. The number of carbonyl (C=O) groups excluding carboxylic acids is 1. The second kappa shape index (κ2) is 7.40. The summed E-state index contributed by atoms with van der Waals surface area (Å²) in [6.07, 6.45) is 5.55. The molecule has 2 atom stereocenters. The third kappa shape index (κ3) is 3.59. The first kappa shape index (κ1) is 17.7. The summed E-state index contributed by atoms with van der Waals surface area (Å²) in [5.74, 6) is 1.08. The van der Waals surface area contributed by atoms with E-state index in [2.05, 4.69) is 24.1 Å². The molecule has 1 aromatic rings. The van der Waals surface area contributed by atoms with Crippen molar-refractivity contribution in [3.8, 4) is 0 Å². The monoisotopic (exact) mass is 366 g/mol. The Labute approximate surface area is 153 Å². The molecule has 0 saturated carbocycles. The van der Waals surface area contributed by atoms with Crippen LogP contribution in [-0.4, -0.2) is 36.2 Å². The Bertz CT molecular complexity index is 641. The summed E-state index contributed by atoms with van der Waals surface area (Å²) in [6, 6.07) is 0. The molecule has 132 valence electrons. The van der Waals surface area contributed by atoms with Crippen LogP contribution in [-0.2, 0) is 17.6 Å². The Kier molecular flexibility index (Phi) is 5.45. The Morgan fingerprint density at radius 1 is 1.33 bits per heavy atom. The minimum atomic E-state index is -0.251. The van der Waals surface area contributed by atoms with Gasteiger partial charge in [0.05, 0.1) is 12.7 Å². The van der Waals surface area contributed by atoms with E-state index in [9.17, 15) is 4.79 Å². The van der Waals surface area contributed by atoms with Gasteiger partial charge in [-0.2, -0.15) is 0 Å². The van der Waals surface area contributed by atoms with Crippen molar-refractivity contribution in [3.63, 3.8) is 0 Å². The van der Waals surface area contributed by atoms with Crippen LogP contribution >= 0.6 is 23.6 Å². The van der Waals surface area contributed by atoms with Crippen LogP contribution in [0, 0.1) is 11.8 Å². The topological polar surface area (TPSA) is 41.6 Å². The minimum Gasteiger partial charge on any atom is -0.465 e. The molecule has 0 radical (unpaired) electrons. The predicted octanol–water partition coefficient (Wildman–Crippen LogP) is 4.09. The lowest BCUT2D eigenvalue weighted by Gasteiger charge is -2.33. The van der Waals surface area contributed by atoms with Gasteiger partial charge in [0.2, 0.25) is 0 Å². The van der Waals surface area contributed by atoms with Crippen LogP contribution < -0.4 is 5.32 Å². The zero-order valence-corrected chi connectivity index (χ0v) is 16.3. The van der Waals surface area contributed by atoms with Crippen molar-refractivity contribution in [2.24, 2.45) is 11.8 Å². The number of nitrogens with zero attached hydrogens (tertiary/aromatic N) is 1. The van der Waals surface area contributed by atoms with Gasteiger partial charge in [-0.15, -0.1) is 11.3 Å². The number of hydrogen-bond acceptors (Lipinski definition) is 4. The smallest absolute Gasteiger partial charge is 0.341 e. The number of esters is 1. The van der Waals surface area contributed by atoms with Crippen molar-refractivity contribution in [2.45, 2.75) is 46.0 Å². The van der Waals surface area contributed by atoms with Gasteiger partial charge < -0.3 is 15.0 Å². The molecule has 1 aliphatic carbocycles. The first-order chi connectivity index (χ1) is 11.5. The summed E-state index contributed by atoms with van der Waals surface area (Å²) >= 11 is 7.30. The maximum Gasteiger partial charge on any atom is 0.341 e. The van der Waals surface area contributed by atoms with E-state index in [1.165, 1.54) is 30.4 Å². The Balaban J connectivity index is 1.84. The zero-order chi connectivity index (χ0) is 17.3. The molecule has 1 saturated heterocycles. The molecule has 1 fully saturated rings. The normalized spacial score (nSPS) is 23.5. The quantitative estimate of drug-likeness (QED) is 0.631. The van der Waals surface area contributed by atoms with Gasteiger partial charge in [0.25, 0.3) is 0 Å². The fourth-order valence-electron chi connectivity index (χ4n) is 3.71. The SMILES string of the molecule is COC(=O)c1c(NC(=S)N2CCC[C@@H](C)C2)sc2c1CC[C@H](C)C2. The Hall–Kier alpha value is -1.14. The third-order valence-corrected chi connectivity index (χ3v) is 6.60. The molecule has 6 heteroatoms. The molecular weight excluding hydrogens is 340 g/mol. The number of methoxy groups -OCH3 is 1. The van der Waals surface area contributed by atoms with E-state index in [1.807, 2.05) is 0 Å². The number of ether oxygens (including phenoxy) is 1. The number of fused-ring (bicyclic) bond motifs is 1. The van der Waals surface area contributed by atoms with Crippen LogP contribution in [0.5, 0.6) is 0 Å². The van der Waals surface area contributed by atoms with E-state index < -0.39 is 0 Å². The van der Waals surface area contributed by atoms with Crippen molar-refractivity contribution >= 4 is 39.6 Å². The summed E-state index contributed by atoms with van der Waals surface area (Å²) < 4.78 is 5.04. The molecule has 1 aromatic heterocycles. The van der Waals surface area contributed by atoms with E-state index in [0.717, 1.165) is 42.5 Å². The average Bonchev–Trinajstić information content (AvgIpc) is 2.90. The molecule has 2 heterocycles. The van der Waals surface area contributed by atoms with Gasteiger partial charge in [-0.3, -0.25) is 0 Å². The van der Waals surface area contributed by atoms with E-state index in [4.69, 9.17) is 17.0 Å². The van der Waals surface area contributed by atoms with Crippen molar-refractivity contribution in [2.75, 3.05) is 25.5 Å². The molecule has 1 N–H and O–H groups in total. The van der Waals surface area contributed by atoms with Crippen molar-refractivity contribution in [1.82, 2.24) is 4.90 Å². The van der Waals surface area contributed by atoms with Crippen LogP contribution in [0.25, 0.3) is 0 Å². The van der Waals surface area contributed by atoms with Gasteiger partial charge in [0, 0.05) is 18.0 Å². The second-order valence-electron chi connectivity index (χ2n) is 7.17. The molecule has 0 spiro atoms. The van der Waals surface area contributed by atoms with Gasteiger partial charge in [0.15, 0.2) is 5.11 Å². The first-order valence-corrected chi connectivity index (χ1v) is 10.0. The highest BCUT2D eigenvalue weighted by Crippen LogP contribution is 2.40. The largest absolute Gasteiger partial charge is 0.465 e. The highest BCUT2D eigenvalue weighted by molar-refractivity contribution is 7.80. The van der Waals surface area contributed by atoms with Crippen molar-refractivity contribution in [3.05, 3.63) is 16.0 Å². The van der Waals surface area contributed by atoms with Gasteiger partial charge >= 0.3 is 5.97 Å². The summed E-state index contributed by atoms with van der Waals surface area (Å²) in [7, 11) is 1.45. The van der Waals surface area contributed by atoms with Gasteiger partial charge in [0.1, 0.15) is 5.00 Å². The maximum atomic E-state index is 12.3. The van der Waals surface area contributed by atoms with Crippen LogP contribution in [0.15, 0.2) is 0 Å². The molecule has 3 rings (SSSR count). The fraction of sp³-hybridized carbons (Fsp3) is 0.667. The highest BCUT2D eigenvalue weighted by atomic mass is 32.1. The number of thiophene rings is 1. The number of hydrogen-bond donors (Lipinski definition) is 1. The van der Waals surface area contributed by atoms with Crippen LogP contribution in [0.2, 0.25) is 0 Å². The number of carbonyl (C=O) groups is 1. The van der Waals surface area contributed by atoms with E-state index in [-0.39, 0.29) is 5.97 Å². The Morgan fingerprint density at radius 3 is 2.83 bits per heavy atom. The van der Waals surface area contributed by atoms with Crippen molar-refractivity contribution < 1.29 is 9.53 Å². The molecule has 4 nitrogen and oxygen atoms in total. The zero-order valence-electron chi connectivity index (χ0n) is 14.7. The number of likely N-dealkylation sites (tertiary alicyclic amines) is 1. The predicted molar refractivity (Wildman–Crippen MR) is 103 cm³/mol. The van der Waals surface area contributed by atoms with Crippen LogP contribution in [0.3, 0.4) is 0 Å². The summed E-state index contributed by atoms with van der Waals surface area (Å²) in [5, 5.41) is 4.96. The molecule has 0 aromatic carbocycles.